The van der Waals surface area contributed by atoms with E-state index in [0.717, 1.165) is 25.7 Å². The predicted molar refractivity (Wildman–Crippen MR) is 64.0 cm³/mol. The van der Waals surface area contributed by atoms with Gasteiger partial charge in [-0.1, -0.05) is 0 Å². The van der Waals surface area contributed by atoms with Gasteiger partial charge in [0.1, 0.15) is 0 Å². The van der Waals surface area contributed by atoms with Crippen molar-refractivity contribution in [3.05, 3.63) is 12.5 Å². The maximum Gasteiger partial charge on any atom is 0.257 e. The lowest BCUT2D eigenvalue weighted by molar-refractivity contribution is 0.342. The molecule has 7 heteroatoms. The van der Waals surface area contributed by atoms with Crippen LogP contribution in [0.4, 0.5) is 0 Å². The molecule has 0 bridgehead atoms. The lowest BCUT2D eigenvalue weighted by Crippen LogP contribution is -2.41. The molecule has 96 valence electrons. The van der Waals surface area contributed by atoms with E-state index in [2.05, 4.69) is 20.0 Å². The molecule has 0 unspecified atom stereocenters. The molecule has 0 amide bonds. The normalized spacial score (nSPS) is 25.9. The summed E-state index contributed by atoms with van der Waals surface area (Å²) in [5.41, 5.74) is 0. The average Bonchev–Trinajstić information content (AvgIpc) is 2.84. The van der Waals surface area contributed by atoms with Crippen LogP contribution in [-0.2, 0) is 10.0 Å². The van der Waals surface area contributed by atoms with E-state index < -0.39 is 10.0 Å². The molecule has 1 aliphatic carbocycles. The number of H-pyrrole nitrogens is 1. The zero-order valence-electron chi connectivity index (χ0n) is 9.81. The Morgan fingerprint density at radius 1 is 1.29 bits per heavy atom. The molecule has 0 radical (unpaired) electrons. The van der Waals surface area contributed by atoms with Gasteiger partial charge in [-0.2, -0.15) is 0 Å². The zero-order chi connectivity index (χ0) is 12.3. The second kappa shape index (κ2) is 5.16. The van der Waals surface area contributed by atoms with Gasteiger partial charge in [0, 0.05) is 12.1 Å². The molecule has 1 aromatic heterocycles. The van der Waals surface area contributed by atoms with Gasteiger partial charge in [-0.3, -0.25) is 0 Å². The van der Waals surface area contributed by atoms with Crippen molar-refractivity contribution in [2.45, 2.75) is 42.8 Å². The van der Waals surface area contributed by atoms with Crippen molar-refractivity contribution in [1.29, 1.82) is 0 Å². The topological polar surface area (TPSA) is 86.9 Å². The summed E-state index contributed by atoms with van der Waals surface area (Å²) in [6.07, 6.45) is 6.45. The smallest absolute Gasteiger partial charge is 0.257 e. The van der Waals surface area contributed by atoms with Gasteiger partial charge in [-0.15, -0.1) is 0 Å². The number of hydrogen-bond acceptors (Lipinski definition) is 4. The zero-order valence-corrected chi connectivity index (χ0v) is 10.6. The van der Waals surface area contributed by atoms with Crippen LogP contribution < -0.4 is 10.0 Å². The van der Waals surface area contributed by atoms with Crippen molar-refractivity contribution in [2.75, 3.05) is 7.05 Å². The molecule has 0 saturated heterocycles. The molecule has 1 aliphatic rings. The van der Waals surface area contributed by atoms with Crippen molar-refractivity contribution in [2.24, 2.45) is 0 Å². The molecular formula is C10H18N4O2S. The van der Waals surface area contributed by atoms with Crippen LogP contribution in [0.15, 0.2) is 17.6 Å². The highest BCUT2D eigenvalue weighted by Gasteiger charge is 2.25. The van der Waals surface area contributed by atoms with E-state index in [4.69, 9.17) is 0 Å². The van der Waals surface area contributed by atoms with Crippen molar-refractivity contribution < 1.29 is 8.42 Å². The van der Waals surface area contributed by atoms with Gasteiger partial charge in [0.05, 0.1) is 12.5 Å². The first-order valence-electron chi connectivity index (χ1n) is 5.80. The number of hydrogen-bond donors (Lipinski definition) is 3. The molecule has 1 heterocycles. The van der Waals surface area contributed by atoms with Crippen molar-refractivity contribution in [1.82, 2.24) is 20.0 Å². The van der Waals surface area contributed by atoms with E-state index in [1.54, 1.807) is 0 Å². The predicted octanol–water partition coefficient (Wildman–Crippen LogP) is 0.219. The molecule has 6 nitrogen and oxygen atoms in total. The number of aromatic amines is 1. The fraction of sp³-hybridized carbons (Fsp3) is 0.700. The largest absolute Gasteiger partial charge is 0.335 e. The second-order valence-electron chi connectivity index (χ2n) is 4.37. The van der Waals surface area contributed by atoms with Gasteiger partial charge in [0.15, 0.2) is 5.03 Å². The highest BCUT2D eigenvalue weighted by molar-refractivity contribution is 7.89. The van der Waals surface area contributed by atoms with Crippen molar-refractivity contribution in [3.8, 4) is 0 Å². The summed E-state index contributed by atoms with van der Waals surface area (Å²) in [5.74, 6) is 0. The van der Waals surface area contributed by atoms with Crippen molar-refractivity contribution >= 4 is 10.0 Å². The minimum atomic E-state index is -3.43. The summed E-state index contributed by atoms with van der Waals surface area (Å²) in [5, 5.41) is 3.35. The van der Waals surface area contributed by atoms with E-state index in [9.17, 15) is 8.42 Å². The van der Waals surface area contributed by atoms with Crippen LogP contribution in [0.5, 0.6) is 0 Å². The first-order valence-corrected chi connectivity index (χ1v) is 7.28. The Labute approximate surface area is 101 Å². The number of aromatic nitrogens is 2. The fourth-order valence-corrected chi connectivity index (χ4v) is 3.38. The quantitative estimate of drug-likeness (QED) is 0.721. The van der Waals surface area contributed by atoms with E-state index in [-0.39, 0.29) is 11.1 Å². The Balaban J connectivity index is 1.94. The Morgan fingerprint density at radius 2 is 1.94 bits per heavy atom. The van der Waals surface area contributed by atoms with E-state index >= 15 is 0 Å². The van der Waals surface area contributed by atoms with Gasteiger partial charge in [0.2, 0.25) is 0 Å². The van der Waals surface area contributed by atoms with Crippen LogP contribution >= 0.6 is 0 Å². The van der Waals surface area contributed by atoms with Crippen LogP contribution in [0.25, 0.3) is 0 Å². The van der Waals surface area contributed by atoms with Crippen LogP contribution in [0.2, 0.25) is 0 Å². The Kier molecular flexibility index (Phi) is 3.80. The summed E-state index contributed by atoms with van der Waals surface area (Å²) >= 11 is 0. The summed E-state index contributed by atoms with van der Waals surface area (Å²) in [7, 11) is -1.49. The van der Waals surface area contributed by atoms with Crippen molar-refractivity contribution in [3.63, 3.8) is 0 Å². The second-order valence-corrected chi connectivity index (χ2v) is 6.06. The van der Waals surface area contributed by atoms with Gasteiger partial charge < -0.3 is 10.3 Å². The number of sulfonamides is 1. The molecule has 1 fully saturated rings. The van der Waals surface area contributed by atoms with Gasteiger partial charge in [-0.25, -0.2) is 18.1 Å². The van der Waals surface area contributed by atoms with E-state index in [1.807, 2.05) is 7.05 Å². The third-order valence-electron chi connectivity index (χ3n) is 3.22. The fourth-order valence-electron chi connectivity index (χ4n) is 2.17. The van der Waals surface area contributed by atoms with Crippen LogP contribution in [-0.4, -0.2) is 37.5 Å². The summed E-state index contributed by atoms with van der Waals surface area (Å²) in [6.45, 7) is 0. The van der Waals surface area contributed by atoms with Gasteiger partial charge in [-0.05, 0) is 32.7 Å². The lowest BCUT2D eigenvalue weighted by atomic mass is 9.92. The molecule has 2 rings (SSSR count). The lowest BCUT2D eigenvalue weighted by Gasteiger charge is -2.28. The number of imidazole rings is 1. The first kappa shape index (κ1) is 12.5. The molecule has 17 heavy (non-hydrogen) atoms. The molecule has 0 aromatic carbocycles. The maximum absolute atomic E-state index is 11.9. The standard InChI is InChI=1S/C10H18N4O2S/c1-11-8-2-4-9(5-3-8)14-17(15,16)10-6-12-7-13-10/h6-9,11,14H,2-5H2,1H3,(H,12,13). The van der Waals surface area contributed by atoms with E-state index in [1.165, 1.54) is 12.5 Å². The summed E-state index contributed by atoms with van der Waals surface area (Å²) < 4.78 is 26.5. The highest BCUT2D eigenvalue weighted by atomic mass is 32.2. The number of rotatable bonds is 4. The number of nitrogens with zero attached hydrogens (tertiary/aromatic N) is 1. The summed E-state index contributed by atoms with van der Waals surface area (Å²) in [4.78, 5) is 6.34. The Bertz CT molecular complexity index is 435. The molecule has 3 N–H and O–H groups in total. The van der Waals surface area contributed by atoms with E-state index in [0.29, 0.717) is 6.04 Å². The molecule has 1 saturated carbocycles. The molecule has 0 spiro atoms. The number of nitrogens with one attached hydrogen (secondary N) is 3. The molecule has 0 aliphatic heterocycles. The third kappa shape index (κ3) is 3.05. The SMILES string of the molecule is CNC1CCC(NS(=O)(=O)c2cnc[nH]2)CC1. The Morgan fingerprint density at radius 3 is 2.47 bits per heavy atom. The minimum Gasteiger partial charge on any atom is -0.335 e. The van der Waals surface area contributed by atoms with Gasteiger partial charge in [0.25, 0.3) is 10.0 Å². The maximum atomic E-state index is 11.9. The Hall–Kier alpha value is -0.920. The highest BCUT2D eigenvalue weighted by Crippen LogP contribution is 2.19. The first-order chi connectivity index (χ1) is 8.12. The average molecular weight is 258 g/mol. The molecule has 0 atom stereocenters. The van der Waals surface area contributed by atoms with Gasteiger partial charge >= 0.3 is 0 Å². The van der Waals surface area contributed by atoms with Crippen LogP contribution in [0.1, 0.15) is 25.7 Å². The van der Waals surface area contributed by atoms with Crippen LogP contribution in [0.3, 0.4) is 0 Å². The van der Waals surface area contributed by atoms with Crippen LogP contribution in [0, 0.1) is 0 Å². The molecular weight excluding hydrogens is 240 g/mol. The third-order valence-corrected chi connectivity index (χ3v) is 4.67. The molecule has 1 aromatic rings. The minimum absolute atomic E-state index is 0.0351. The summed E-state index contributed by atoms with van der Waals surface area (Å²) in [6, 6.07) is 0.552. The monoisotopic (exact) mass is 258 g/mol.